The van der Waals surface area contributed by atoms with Gasteiger partial charge in [-0.2, -0.15) is 9.97 Å². The van der Waals surface area contributed by atoms with Crippen molar-refractivity contribution in [1.82, 2.24) is 9.97 Å². The molecule has 1 aromatic rings. The van der Waals surface area contributed by atoms with E-state index >= 15 is 0 Å². The van der Waals surface area contributed by atoms with Crippen LogP contribution >= 0.6 is 11.8 Å². The van der Waals surface area contributed by atoms with Gasteiger partial charge in [0.05, 0.1) is 10.6 Å². The lowest BCUT2D eigenvalue weighted by molar-refractivity contribution is 0.386. The smallest absolute Gasteiger partial charge is 0.317 e. The Bertz CT molecular complexity index is 303. The van der Waals surface area contributed by atoms with E-state index in [4.69, 9.17) is 5.11 Å². The van der Waals surface area contributed by atoms with Crippen molar-refractivity contribution >= 4 is 11.8 Å². The van der Waals surface area contributed by atoms with Crippen molar-refractivity contribution < 1.29 is 10.2 Å². The lowest BCUT2D eigenvalue weighted by Gasteiger charge is -1.98. The number of fused-ring (bicyclic) bond motifs is 1. The normalized spacial score (nSPS) is 14.9. The number of aryl methyl sites for hydroxylation is 1. The highest BCUT2D eigenvalue weighted by Gasteiger charge is 2.19. The fourth-order valence-corrected chi connectivity index (χ4v) is 2.03. The summed E-state index contributed by atoms with van der Waals surface area (Å²) in [5, 5.41) is 18.1. The minimum atomic E-state index is -0.344. The third kappa shape index (κ3) is 1.01. The SMILES string of the molecule is Oc1nc(O)c2c(n1)CCS2. The largest absolute Gasteiger partial charge is 0.492 e. The summed E-state index contributed by atoms with van der Waals surface area (Å²) in [6.45, 7) is 0. The third-order valence-electron chi connectivity index (χ3n) is 1.49. The van der Waals surface area contributed by atoms with Gasteiger partial charge in [0.25, 0.3) is 0 Å². The molecule has 2 heterocycles. The van der Waals surface area contributed by atoms with Gasteiger partial charge in [-0.05, 0) is 0 Å². The first-order valence-electron chi connectivity index (χ1n) is 3.19. The summed E-state index contributed by atoms with van der Waals surface area (Å²) in [5.41, 5.74) is 0.750. The van der Waals surface area contributed by atoms with E-state index in [-0.39, 0.29) is 11.9 Å². The second-order valence-electron chi connectivity index (χ2n) is 2.22. The molecular formula is C6H6N2O2S. The number of rotatable bonds is 0. The molecule has 0 fully saturated rings. The van der Waals surface area contributed by atoms with Gasteiger partial charge in [0.1, 0.15) is 0 Å². The predicted octanol–water partition coefficient (Wildman–Crippen LogP) is 0.536. The van der Waals surface area contributed by atoms with Crippen molar-refractivity contribution in [3.05, 3.63) is 5.69 Å². The van der Waals surface area contributed by atoms with Crippen molar-refractivity contribution in [2.45, 2.75) is 11.3 Å². The Morgan fingerprint density at radius 1 is 1.27 bits per heavy atom. The molecule has 2 N–H and O–H groups in total. The van der Waals surface area contributed by atoms with E-state index in [2.05, 4.69) is 9.97 Å². The second-order valence-corrected chi connectivity index (χ2v) is 3.33. The number of thioether (sulfide) groups is 1. The molecule has 58 valence electrons. The Labute approximate surface area is 67.3 Å². The van der Waals surface area contributed by atoms with Gasteiger partial charge in [0.2, 0.25) is 5.88 Å². The average molecular weight is 170 g/mol. The molecule has 0 aromatic carbocycles. The second kappa shape index (κ2) is 2.27. The molecule has 0 bridgehead atoms. The van der Waals surface area contributed by atoms with E-state index < -0.39 is 0 Å². The number of aromatic hydroxyl groups is 2. The highest BCUT2D eigenvalue weighted by atomic mass is 32.2. The molecule has 0 radical (unpaired) electrons. The lowest BCUT2D eigenvalue weighted by atomic mass is 10.3. The fraction of sp³-hybridized carbons (Fsp3) is 0.333. The summed E-state index contributed by atoms with van der Waals surface area (Å²) in [7, 11) is 0. The van der Waals surface area contributed by atoms with Gasteiger partial charge >= 0.3 is 6.01 Å². The highest BCUT2D eigenvalue weighted by molar-refractivity contribution is 7.99. The van der Waals surface area contributed by atoms with Crippen LogP contribution in [0, 0.1) is 0 Å². The lowest BCUT2D eigenvalue weighted by Crippen LogP contribution is -1.90. The summed E-state index contributed by atoms with van der Waals surface area (Å²) in [5.74, 6) is 0.802. The van der Waals surface area contributed by atoms with Gasteiger partial charge in [0.15, 0.2) is 0 Å². The Balaban J connectivity index is 2.60. The number of nitrogens with zero attached hydrogens (tertiary/aromatic N) is 2. The summed E-state index contributed by atoms with van der Waals surface area (Å²) in [6, 6.07) is -0.344. The van der Waals surface area contributed by atoms with Crippen molar-refractivity contribution in [3.8, 4) is 11.9 Å². The van der Waals surface area contributed by atoms with Crippen molar-refractivity contribution in [2.75, 3.05) is 5.75 Å². The zero-order valence-corrected chi connectivity index (χ0v) is 6.43. The molecule has 1 aliphatic rings. The predicted molar refractivity (Wildman–Crippen MR) is 39.8 cm³/mol. The molecular weight excluding hydrogens is 164 g/mol. The van der Waals surface area contributed by atoms with Gasteiger partial charge in [-0.1, -0.05) is 0 Å². The molecule has 5 heteroatoms. The molecule has 0 saturated carbocycles. The minimum Gasteiger partial charge on any atom is -0.492 e. The van der Waals surface area contributed by atoms with Crippen LogP contribution < -0.4 is 0 Å². The number of aromatic nitrogens is 2. The first kappa shape index (κ1) is 6.72. The molecule has 0 atom stereocenters. The first-order valence-corrected chi connectivity index (χ1v) is 4.17. The number of hydrogen-bond acceptors (Lipinski definition) is 5. The summed E-state index contributed by atoms with van der Waals surface area (Å²) >= 11 is 1.52. The van der Waals surface area contributed by atoms with Crippen LogP contribution in [0.1, 0.15) is 5.69 Å². The van der Waals surface area contributed by atoms with Crippen molar-refractivity contribution in [1.29, 1.82) is 0 Å². The highest BCUT2D eigenvalue weighted by Crippen LogP contribution is 2.36. The van der Waals surface area contributed by atoms with E-state index in [1.165, 1.54) is 11.8 Å². The van der Waals surface area contributed by atoms with Gasteiger partial charge < -0.3 is 10.2 Å². The van der Waals surface area contributed by atoms with Gasteiger partial charge in [-0.25, -0.2) is 0 Å². The summed E-state index contributed by atoms with van der Waals surface area (Å²) in [4.78, 5) is 7.91. The van der Waals surface area contributed by atoms with E-state index in [9.17, 15) is 5.11 Å². The molecule has 2 rings (SSSR count). The zero-order valence-electron chi connectivity index (χ0n) is 5.61. The number of hydrogen-bond donors (Lipinski definition) is 2. The molecule has 1 aromatic heterocycles. The van der Waals surface area contributed by atoms with Crippen LogP contribution in [0.4, 0.5) is 0 Å². The minimum absolute atomic E-state index is 0.102. The third-order valence-corrected chi connectivity index (χ3v) is 2.61. The Hall–Kier alpha value is -0.970. The van der Waals surface area contributed by atoms with Crippen LogP contribution in [0.5, 0.6) is 11.9 Å². The molecule has 11 heavy (non-hydrogen) atoms. The molecule has 0 unspecified atom stereocenters. The molecule has 0 aliphatic carbocycles. The maximum atomic E-state index is 9.18. The van der Waals surface area contributed by atoms with Gasteiger partial charge in [0, 0.05) is 12.2 Å². The molecule has 0 saturated heterocycles. The maximum Gasteiger partial charge on any atom is 0.317 e. The van der Waals surface area contributed by atoms with E-state index in [0.29, 0.717) is 4.90 Å². The van der Waals surface area contributed by atoms with Crippen molar-refractivity contribution in [3.63, 3.8) is 0 Å². The van der Waals surface area contributed by atoms with Crippen LogP contribution in [0.15, 0.2) is 4.90 Å². The van der Waals surface area contributed by atoms with E-state index in [1.807, 2.05) is 0 Å². The maximum absolute atomic E-state index is 9.18. The molecule has 4 nitrogen and oxygen atoms in total. The van der Waals surface area contributed by atoms with Crippen LogP contribution in [0.2, 0.25) is 0 Å². The Kier molecular flexibility index (Phi) is 1.38. The standard InChI is InChI=1S/C6H6N2O2S/c9-5-4-3(1-2-11-4)7-6(10)8-5/h1-2H2,(H2,7,8,9,10). The van der Waals surface area contributed by atoms with Crippen LogP contribution in [-0.4, -0.2) is 25.9 Å². The molecule has 1 aliphatic heterocycles. The van der Waals surface area contributed by atoms with E-state index in [1.54, 1.807) is 0 Å². The van der Waals surface area contributed by atoms with Crippen molar-refractivity contribution in [2.24, 2.45) is 0 Å². The Morgan fingerprint density at radius 2 is 2.09 bits per heavy atom. The zero-order chi connectivity index (χ0) is 7.84. The average Bonchev–Trinajstić information content (AvgIpc) is 2.34. The molecule has 0 amide bonds. The van der Waals surface area contributed by atoms with Crippen LogP contribution in [0.3, 0.4) is 0 Å². The van der Waals surface area contributed by atoms with Gasteiger partial charge in [-0.15, -0.1) is 11.8 Å². The quantitative estimate of drug-likeness (QED) is 0.594. The monoisotopic (exact) mass is 170 g/mol. The van der Waals surface area contributed by atoms with Crippen LogP contribution in [0.25, 0.3) is 0 Å². The Morgan fingerprint density at radius 3 is 2.91 bits per heavy atom. The first-order chi connectivity index (χ1) is 5.27. The van der Waals surface area contributed by atoms with Gasteiger partial charge in [-0.3, -0.25) is 0 Å². The van der Waals surface area contributed by atoms with E-state index in [0.717, 1.165) is 17.9 Å². The van der Waals surface area contributed by atoms with Crippen LogP contribution in [-0.2, 0) is 6.42 Å². The topological polar surface area (TPSA) is 66.2 Å². The summed E-state index contributed by atoms with van der Waals surface area (Å²) < 4.78 is 0. The molecule has 0 spiro atoms. The summed E-state index contributed by atoms with van der Waals surface area (Å²) in [6.07, 6.45) is 0.795. The fourth-order valence-electron chi connectivity index (χ4n) is 1.04.